The Morgan fingerprint density at radius 3 is 2.54 bits per heavy atom. The van der Waals surface area contributed by atoms with Gasteiger partial charge in [-0.15, -0.1) is 0 Å². The van der Waals surface area contributed by atoms with Crippen LogP contribution in [0.2, 0.25) is 0 Å². The molecule has 0 saturated carbocycles. The first-order valence-electron chi connectivity index (χ1n) is 8.15. The summed E-state index contributed by atoms with van der Waals surface area (Å²) in [4.78, 5) is 6.60. The van der Waals surface area contributed by atoms with Crippen LogP contribution in [-0.4, -0.2) is 72.0 Å². The highest BCUT2D eigenvalue weighted by Gasteiger charge is 2.24. The van der Waals surface area contributed by atoms with Gasteiger partial charge in [-0.05, 0) is 17.7 Å². The number of morpholine rings is 1. The summed E-state index contributed by atoms with van der Waals surface area (Å²) in [5.74, 6) is 2.25. The molecule has 1 unspecified atom stereocenters. The van der Waals surface area contributed by atoms with Crippen molar-refractivity contribution in [2.75, 3.05) is 61.2 Å². The maximum Gasteiger partial charge on any atom is 0.190 e. The van der Waals surface area contributed by atoms with Gasteiger partial charge in [-0.25, -0.2) is 0 Å². The number of ether oxygens (including phenoxy) is 3. The molecule has 24 heavy (non-hydrogen) atoms. The van der Waals surface area contributed by atoms with Gasteiger partial charge >= 0.3 is 0 Å². The van der Waals surface area contributed by atoms with Crippen LogP contribution >= 0.6 is 0 Å². The number of rotatable bonds is 6. The highest BCUT2D eigenvalue weighted by Crippen LogP contribution is 2.32. The van der Waals surface area contributed by atoms with Gasteiger partial charge in [-0.2, -0.15) is 0 Å². The fraction of sp³-hybridized carbons (Fsp3) is 0.588. The van der Waals surface area contributed by atoms with Crippen LogP contribution in [0.1, 0.15) is 11.6 Å². The van der Waals surface area contributed by atoms with Gasteiger partial charge in [0.1, 0.15) is 0 Å². The molecule has 0 aromatic heterocycles. The Morgan fingerprint density at radius 1 is 1.25 bits per heavy atom. The second kappa shape index (κ2) is 9.34. The molecule has 0 spiro atoms. The number of nitrogens with zero attached hydrogens (tertiary/aromatic N) is 2. The Balaban J connectivity index is 2.23. The van der Waals surface area contributed by atoms with E-state index in [0.29, 0.717) is 0 Å². The van der Waals surface area contributed by atoms with Crippen molar-refractivity contribution in [2.24, 2.45) is 4.99 Å². The number of guanidine groups is 1. The molecule has 1 fully saturated rings. The lowest BCUT2D eigenvalue weighted by atomic mass is 10.0. The second-order valence-corrected chi connectivity index (χ2v) is 5.48. The molecule has 0 radical (unpaired) electrons. The first kappa shape index (κ1) is 18.4. The van der Waals surface area contributed by atoms with Crippen LogP contribution in [0.15, 0.2) is 23.2 Å². The highest BCUT2D eigenvalue weighted by atomic mass is 16.5. The van der Waals surface area contributed by atoms with Crippen LogP contribution in [0.3, 0.4) is 0 Å². The third kappa shape index (κ3) is 4.52. The minimum absolute atomic E-state index is 0.193. The van der Waals surface area contributed by atoms with Crippen LogP contribution in [0.4, 0.5) is 0 Å². The van der Waals surface area contributed by atoms with Crippen LogP contribution in [0, 0.1) is 0 Å². The van der Waals surface area contributed by atoms with E-state index in [1.165, 1.54) is 5.56 Å². The molecule has 1 aromatic carbocycles. The topological polar surface area (TPSA) is 67.4 Å². The lowest BCUT2D eigenvalue weighted by molar-refractivity contribution is 0.0169. The number of hydrogen-bond acceptors (Lipinski definition) is 5. The van der Waals surface area contributed by atoms with E-state index in [1.807, 2.05) is 19.2 Å². The zero-order valence-corrected chi connectivity index (χ0v) is 15.0. The molecule has 0 amide bonds. The Hall–Kier alpha value is -1.99. The van der Waals surface area contributed by atoms with Crippen LogP contribution in [0.5, 0.6) is 11.5 Å². The molecular weight excluding hydrogens is 308 g/mol. The average molecular weight is 336 g/mol. The normalized spacial score (nSPS) is 17.2. The number of hydrogen-bond donors (Lipinski definition) is 2. The summed E-state index contributed by atoms with van der Waals surface area (Å²) in [6, 6.07) is 6.28. The molecule has 1 saturated heterocycles. The summed E-state index contributed by atoms with van der Waals surface area (Å²) < 4.78 is 16.3. The van der Waals surface area contributed by atoms with Crippen molar-refractivity contribution >= 4 is 5.96 Å². The van der Waals surface area contributed by atoms with Crippen molar-refractivity contribution in [3.05, 3.63) is 23.8 Å². The summed E-state index contributed by atoms with van der Waals surface area (Å²) in [6.45, 7) is 4.05. The standard InChI is InChI=1S/C17H28N4O3/c1-18-17(19-2)20-12-14(21-7-9-24-10-8-21)13-5-6-15(22-3)16(11-13)23-4/h5-6,11,14H,7-10,12H2,1-4H3,(H2,18,19,20). The Kier molecular flexibility index (Phi) is 7.14. The zero-order valence-electron chi connectivity index (χ0n) is 15.0. The average Bonchev–Trinajstić information content (AvgIpc) is 2.65. The molecule has 7 heteroatoms. The van der Waals surface area contributed by atoms with Gasteiger partial charge in [0, 0.05) is 33.7 Å². The molecule has 1 heterocycles. The monoisotopic (exact) mass is 336 g/mol. The number of aliphatic imine (C=N–C) groups is 1. The predicted octanol–water partition coefficient (Wildman–Crippen LogP) is 0.872. The SMILES string of the molecule is CN=C(NC)NCC(c1ccc(OC)c(OC)c1)N1CCOCC1. The van der Waals surface area contributed by atoms with Crippen molar-refractivity contribution in [3.63, 3.8) is 0 Å². The van der Waals surface area contributed by atoms with Crippen molar-refractivity contribution in [2.45, 2.75) is 6.04 Å². The first-order chi connectivity index (χ1) is 11.7. The van der Waals surface area contributed by atoms with Gasteiger partial charge < -0.3 is 24.8 Å². The maximum atomic E-state index is 5.49. The summed E-state index contributed by atoms with van der Waals surface area (Å²) in [6.07, 6.45) is 0. The molecule has 1 aromatic rings. The van der Waals surface area contributed by atoms with E-state index in [1.54, 1.807) is 21.3 Å². The fourth-order valence-electron chi connectivity index (χ4n) is 2.88. The van der Waals surface area contributed by atoms with E-state index >= 15 is 0 Å². The number of methoxy groups -OCH3 is 2. The van der Waals surface area contributed by atoms with Crippen molar-refractivity contribution in [1.29, 1.82) is 0 Å². The third-order valence-electron chi connectivity index (χ3n) is 4.20. The lowest BCUT2D eigenvalue weighted by Crippen LogP contribution is -2.45. The summed E-state index contributed by atoms with van der Waals surface area (Å²) in [7, 11) is 6.93. The number of nitrogens with one attached hydrogen (secondary N) is 2. The van der Waals surface area contributed by atoms with Crippen LogP contribution in [0.25, 0.3) is 0 Å². The lowest BCUT2D eigenvalue weighted by Gasteiger charge is -2.35. The Labute approximate surface area is 144 Å². The molecule has 1 aliphatic heterocycles. The summed E-state index contributed by atoms with van der Waals surface area (Å²) >= 11 is 0. The molecule has 1 aliphatic rings. The minimum atomic E-state index is 0.193. The molecule has 7 nitrogen and oxygen atoms in total. The molecule has 0 bridgehead atoms. The molecular formula is C17H28N4O3. The van der Waals surface area contributed by atoms with E-state index in [9.17, 15) is 0 Å². The summed E-state index contributed by atoms with van der Waals surface area (Å²) in [5, 5.41) is 6.42. The van der Waals surface area contributed by atoms with Gasteiger partial charge in [-0.3, -0.25) is 9.89 Å². The van der Waals surface area contributed by atoms with Gasteiger partial charge in [0.15, 0.2) is 17.5 Å². The van der Waals surface area contributed by atoms with Gasteiger partial charge in [0.25, 0.3) is 0 Å². The Bertz CT molecular complexity index is 545. The zero-order chi connectivity index (χ0) is 17.4. The van der Waals surface area contributed by atoms with E-state index in [2.05, 4.69) is 26.6 Å². The van der Waals surface area contributed by atoms with Crippen LogP contribution < -0.4 is 20.1 Å². The van der Waals surface area contributed by atoms with Crippen molar-refractivity contribution < 1.29 is 14.2 Å². The second-order valence-electron chi connectivity index (χ2n) is 5.48. The van der Waals surface area contributed by atoms with E-state index in [0.717, 1.165) is 50.3 Å². The molecule has 1 atom stereocenters. The predicted molar refractivity (Wildman–Crippen MR) is 95.1 cm³/mol. The van der Waals surface area contributed by atoms with Crippen LogP contribution in [-0.2, 0) is 4.74 Å². The maximum absolute atomic E-state index is 5.49. The van der Waals surface area contributed by atoms with Gasteiger partial charge in [0.2, 0.25) is 0 Å². The van der Waals surface area contributed by atoms with Crippen molar-refractivity contribution in [3.8, 4) is 11.5 Å². The smallest absolute Gasteiger partial charge is 0.190 e. The number of benzene rings is 1. The Morgan fingerprint density at radius 2 is 1.96 bits per heavy atom. The van der Waals surface area contributed by atoms with Gasteiger partial charge in [0.05, 0.1) is 33.5 Å². The van der Waals surface area contributed by atoms with E-state index in [4.69, 9.17) is 14.2 Å². The third-order valence-corrected chi connectivity index (χ3v) is 4.20. The molecule has 2 N–H and O–H groups in total. The first-order valence-corrected chi connectivity index (χ1v) is 8.15. The van der Waals surface area contributed by atoms with E-state index < -0.39 is 0 Å². The molecule has 2 rings (SSSR count). The molecule has 134 valence electrons. The van der Waals surface area contributed by atoms with Gasteiger partial charge in [-0.1, -0.05) is 6.07 Å². The van der Waals surface area contributed by atoms with E-state index in [-0.39, 0.29) is 6.04 Å². The fourth-order valence-corrected chi connectivity index (χ4v) is 2.88. The molecule has 0 aliphatic carbocycles. The minimum Gasteiger partial charge on any atom is -0.493 e. The summed E-state index contributed by atoms with van der Waals surface area (Å²) in [5.41, 5.74) is 1.17. The highest BCUT2D eigenvalue weighted by molar-refractivity contribution is 5.79. The largest absolute Gasteiger partial charge is 0.493 e. The quantitative estimate of drug-likeness (QED) is 0.594. The van der Waals surface area contributed by atoms with Crippen molar-refractivity contribution in [1.82, 2.24) is 15.5 Å².